The second-order valence-corrected chi connectivity index (χ2v) is 5.62. The maximum atomic E-state index is 12.1. The van der Waals surface area contributed by atoms with Crippen molar-refractivity contribution in [2.75, 3.05) is 17.2 Å². The minimum Gasteiger partial charge on any atom is -0.351 e. The molecule has 0 bridgehead atoms. The number of hydrogen-bond donors (Lipinski definition) is 3. The van der Waals surface area contributed by atoms with Crippen LogP contribution in [0.15, 0.2) is 36.5 Å². The summed E-state index contributed by atoms with van der Waals surface area (Å²) >= 11 is 0. The smallest absolute Gasteiger partial charge is 0.270 e. The highest BCUT2D eigenvalue weighted by atomic mass is 16.2. The summed E-state index contributed by atoms with van der Waals surface area (Å²) in [6.45, 7) is 4.20. The van der Waals surface area contributed by atoms with Crippen LogP contribution in [0.3, 0.4) is 0 Å². The Balaban J connectivity index is 2.01. The number of benzene rings is 1. The first-order valence-electron chi connectivity index (χ1n) is 8.34. The number of unbranched alkanes of at least 4 members (excludes halogenated alkanes) is 2. The molecule has 0 aliphatic heterocycles. The van der Waals surface area contributed by atoms with Crippen LogP contribution in [0, 0.1) is 0 Å². The molecular formula is C18H23N5O2. The minimum absolute atomic E-state index is 0.143. The highest BCUT2D eigenvalue weighted by molar-refractivity contribution is 5.92. The summed E-state index contributed by atoms with van der Waals surface area (Å²) in [6.07, 6.45) is 4.68. The molecular weight excluding hydrogens is 318 g/mol. The minimum atomic E-state index is -0.214. The topological polar surface area (TPSA) is 96.0 Å². The first-order chi connectivity index (χ1) is 12.1. The van der Waals surface area contributed by atoms with Crippen LogP contribution in [-0.2, 0) is 4.79 Å². The highest BCUT2D eigenvalue weighted by Crippen LogP contribution is 2.18. The van der Waals surface area contributed by atoms with Crippen LogP contribution in [0.1, 0.15) is 43.6 Å². The number of anilines is 3. The number of carbonyl (C=O) groups is 2. The van der Waals surface area contributed by atoms with Crippen molar-refractivity contribution in [1.29, 1.82) is 0 Å². The van der Waals surface area contributed by atoms with Crippen LogP contribution >= 0.6 is 0 Å². The monoisotopic (exact) mass is 341 g/mol. The molecule has 0 saturated carbocycles. The van der Waals surface area contributed by atoms with E-state index in [1.54, 1.807) is 24.3 Å². The lowest BCUT2D eigenvalue weighted by molar-refractivity contribution is -0.114. The molecule has 7 heteroatoms. The normalized spacial score (nSPS) is 10.2. The van der Waals surface area contributed by atoms with E-state index in [4.69, 9.17) is 0 Å². The molecule has 0 unspecified atom stereocenters. The van der Waals surface area contributed by atoms with E-state index in [9.17, 15) is 9.59 Å². The van der Waals surface area contributed by atoms with Gasteiger partial charge >= 0.3 is 0 Å². The van der Waals surface area contributed by atoms with Crippen molar-refractivity contribution in [3.63, 3.8) is 0 Å². The molecule has 1 heterocycles. The molecule has 0 radical (unpaired) electrons. The number of rotatable bonds is 8. The molecule has 0 fully saturated rings. The number of nitrogens with zero attached hydrogens (tertiary/aromatic N) is 2. The summed E-state index contributed by atoms with van der Waals surface area (Å²) in [6, 6.07) is 8.76. The SMILES string of the molecule is CCCCCNC(=O)c1ccnc(Nc2cccc(NC(C)=O)c2)n1. The van der Waals surface area contributed by atoms with E-state index in [1.807, 2.05) is 6.07 Å². The summed E-state index contributed by atoms with van der Waals surface area (Å²) in [5, 5.41) is 8.60. The van der Waals surface area contributed by atoms with Crippen molar-refractivity contribution in [3.8, 4) is 0 Å². The third-order valence-corrected chi connectivity index (χ3v) is 3.39. The largest absolute Gasteiger partial charge is 0.351 e. The average molecular weight is 341 g/mol. The standard InChI is InChI=1S/C18H23N5O2/c1-3-4-5-10-19-17(25)16-9-11-20-18(23-16)22-15-8-6-7-14(12-15)21-13(2)24/h6-9,11-12H,3-5,10H2,1-2H3,(H,19,25)(H,21,24)(H,20,22,23). The van der Waals surface area contributed by atoms with Gasteiger partial charge in [0.05, 0.1) is 0 Å². The van der Waals surface area contributed by atoms with Gasteiger partial charge in [-0.1, -0.05) is 25.8 Å². The van der Waals surface area contributed by atoms with Crippen LogP contribution in [0.5, 0.6) is 0 Å². The van der Waals surface area contributed by atoms with E-state index >= 15 is 0 Å². The Kier molecular flexibility index (Phi) is 6.88. The molecule has 1 aromatic carbocycles. The Bertz CT molecular complexity index is 733. The highest BCUT2D eigenvalue weighted by Gasteiger charge is 2.08. The zero-order valence-corrected chi connectivity index (χ0v) is 14.5. The van der Waals surface area contributed by atoms with Gasteiger partial charge in [0, 0.05) is 31.0 Å². The van der Waals surface area contributed by atoms with Crippen molar-refractivity contribution < 1.29 is 9.59 Å². The van der Waals surface area contributed by atoms with Crippen molar-refractivity contribution in [2.24, 2.45) is 0 Å². The van der Waals surface area contributed by atoms with Gasteiger partial charge in [-0.3, -0.25) is 9.59 Å². The fourth-order valence-corrected chi connectivity index (χ4v) is 2.22. The molecule has 2 aromatic rings. The average Bonchev–Trinajstić information content (AvgIpc) is 2.58. The molecule has 25 heavy (non-hydrogen) atoms. The summed E-state index contributed by atoms with van der Waals surface area (Å²) in [4.78, 5) is 31.6. The zero-order valence-electron chi connectivity index (χ0n) is 14.5. The molecule has 132 valence electrons. The predicted molar refractivity (Wildman–Crippen MR) is 97.9 cm³/mol. The summed E-state index contributed by atoms with van der Waals surface area (Å²) in [5.41, 5.74) is 1.70. The van der Waals surface area contributed by atoms with Crippen LogP contribution < -0.4 is 16.0 Å². The fraction of sp³-hybridized carbons (Fsp3) is 0.333. The molecule has 0 aliphatic carbocycles. The maximum absolute atomic E-state index is 12.1. The fourth-order valence-electron chi connectivity index (χ4n) is 2.22. The Morgan fingerprint density at radius 2 is 1.92 bits per heavy atom. The lowest BCUT2D eigenvalue weighted by Gasteiger charge is -2.09. The first kappa shape index (κ1) is 18.4. The van der Waals surface area contributed by atoms with Gasteiger partial charge in [0.25, 0.3) is 5.91 Å². The first-order valence-corrected chi connectivity index (χ1v) is 8.34. The van der Waals surface area contributed by atoms with Gasteiger partial charge in [0.2, 0.25) is 11.9 Å². The quantitative estimate of drug-likeness (QED) is 0.641. The van der Waals surface area contributed by atoms with E-state index < -0.39 is 0 Å². The molecule has 0 aliphatic rings. The number of nitrogens with one attached hydrogen (secondary N) is 3. The summed E-state index contributed by atoms with van der Waals surface area (Å²) in [5.74, 6) is -0.0372. The molecule has 3 N–H and O–H groups in total. The van der Waals surface area contributed by atoms with Gasteiger partial charge in [0.1, 0.15) is 5.69 Å². The van der Waals surface area contributed by atoms with Gasteiger partial charge in [-0.05, 0) is 30.7 Å². The second kappa shape index (κ2) is 9.36. The maximum Gasteiger partial charge on any atom is 0.270 e. The predicted octanol–water partition coefficient (Wildman–Crippen LogP) is 3.10. The summed E-state index contributed by atoms with van der Waals surface area (Å²) < 4.78 is 0. The molecule has 0 spiro atoms. The molecule has 2 amide bonds. The van der Waals surface area contributed by atoms with Gasteiger partial charge in [0.15, 0.2) is 0 Å². The van der Waals surface area contributed by atoms with E-state index in [-0.39, 0.29) is 11.8 Å². The number of carbonyl (C=O) groups excluding carboxylic acids is 2. The molecule has 7 nitrogen and oxygen atoms in total. The second-order valence-electron chi connectivity index (χ2n) is 5.62. The van der Waals surface area contributed by atoms with Gasteiger partial charge in [-0.15, -0.1) is 0 Å². The van der Waals surface area contributed by atoms with E-state index in [0.717, 1.165) is 19.3 Å². The third-order valence-electron chi connectivity index (χ3n) is 3.39. The van der Waals surface area contributed by atoms with Crippen molar-refractivity contribution in [3.05, 3.63) is 42.2 Å². The Morgan fingerprint density at radius 3 is 2.68 bits per heavy atom. The molecule has 2 rings (SSSR count). The number of amides is 2. The van der Waals surface area contributed by atoms with Crippen molar-refractivity contribution in [1.82, 2.24) is 15.3 Å². The summed E-state index contributed by atoms with van der Waals surface area (Å²) in [7, 11) is 0. The van der Waals surface area contributed by atoms with Crippen LogP contribution in [0.25, 0.3) is 0 Å². The lowest BCUT2D eigenvalue weighted by Crippen LogP contribution is -2.25. The van der Waals surface area contributed by atoms with Crippen LogP contribution in [0.2, 0.25) is 0 Å². The lowest BCUT2D eigenvalue weighted by atomic mass is 10.2. The number of aromatic nitrogens is 2. The Hall–Kier alpha value is -2.96. The van der Waals surface area contributed by atoms with E-state index in [0.29, 0.717) is 29.6 Å². The van der Waals surface area contributed by atoms with E-state index in [2.05, 4.69) is 32.8 Å². The Morgan fingerprint density at radius 1 is 1.12 bits per heavy atom. The van der Waals surface area contributed by atoms with Crippen molar-refractivity contribution in [2.45, 2.75) is 33.1 Å². The number of hydrogen-bond acceptors (Lipinski definition) is 5. The Labute approximate surface area is 147 Å². The van der Waals surface area contributed by atoms with Crippen molar-refractivity contribution >= 4 is 29.1 Å². The zero-order chi connectivity index (χ0) is 18.1. The van der Waals surface area contributed by atoms with Gasteiger partial charge in [-0.25, -0.2) is 9.97 Å². The van der Waals surface area contributed by atoms with E-state index in [1.165, 1.54) is 13.1 Å². The van der Waals surface area contributed by atoms with Crippen LogP contribution in [0.4, 0.5) is 17.3 Å². The van der Waals surface area contributed by atoms with Gasteiger partial charge < -0.3 is 16.0 Å². The van der Waals surface area contributed by atoms with Crippen LogP contribution in [-0.4, -0.2) is 28.3 Å². The third kappa shape index (κ3) is 6.21. The van der Waals surface area contributed by atoms with Gasteiger partial charge in [-0.2, -0.15) is 0 Å². The molecule has 0 saturated heterocycles. The molecule has 0 atom stereocenters. The molecule has 1 aromatic heterocycles.